The number of nitrogens with one attached hydrogen (secondary N) is 1. The minimum absolute atomic E-state index is 0.261. The highest BCUT2D eigenvalue weighted by atomic mass is 35.5. The van der Waals surface area contributed by atoms with Gasteiger partial charge in [-0.2, -0.15) is 0 Å². The highest BCUT2D eigenvalue weighted by Gasteiger charge is 2.09. The van der Waals surface area contributed by atoms with Crippen LogP contribution >= 0.6 is 23.2 Å². The average molecular weight is 296 g/mol. The lowest BCUT2D eigenvalue weighted by molar-refractivity contribution is 0.102. The molecule has 98 valence electrons. The first-order valence-corrected chi connectivity index (χ1v) is 6.43. The number of nitrogens with zero attached hydrogens (tertiary/aromatic N) is 2. The Bertz CT molecular complexity index is 599. The van der Waals surface area contributed by atoms with Crippen LogP contribution in [0.2, 0.25) is 10.3 Å². The number of carbonyl (C=O) groups excluding carboxylic acids is 1. The molecule has 2 rings (SSSR count). The van der Waals surface area contributed by atoms with E-state index < -0.39 is 0 Å². The summed E-state index contributed by atoms with van der Waals surface area (Å²) >= 11 is 11.6. The van der Waals surface area contributed by atoms with E-state index in [0.717, 1.165) is 5.69 Å². The molecule has 1 N–H and O–H groups in total. The molecule has 0 atom stereocenters. The van der Waals surface area contributed by atoms with Crippen LogP contribution in [-0.2, 0) is 6.42 Å². The predicted octanol–water partition coefficient (Wildman–Crippen LogP) is 3.60. The van der Waals surface area contributed by atoms with Crippen LogP contribution in [0.15, 0.2) is 30.5 Å². The van der Waals surface area contributed by atoms with E-state index in [0.29, 0.717) is 28.0 Å². The Morgan fingerprint density at radius 3 is 2.68 bits per heavy atom. The van der Waals surface area contributed by atoms with Crippen LogP contribution < -0.4 is 5.32 Å². The number of amides is 1. The minimum Gasteiger partial charge on any atom is -0.321 e. The maximum Gasteiger partial charge on any atom is 0.255 e. The van der Waals surface area contributed by atoms with Gasteiger partial charge in [-0.3, -0.25) is 4.79 Å². The Labute approximate surface area is 120 Å². The van der Waals surface area contributed by atoms with Crippen molar-refractivity contribution in [1.29, 1.82) is 0 Å². The summed E-state index contributed by atoms with van der Waals surface area (Å²) in [7, 11) is 0. The van der Waals surface area contributed by atoms with Crippen molar-refractivity contribution in [3.05, 3.63) is 52.0 Å². The van der Waals surface area contributed by atoms with Gasteiger partial charge in [0, 0.05) is 11.3 Å². The van der Waals surface area contributed by atoms with E-state index in [-0.39, 0.29) is 5.91 Å². The molecule has 0 aromatic carbocycles. The summed E-state index contributed by atoms with van der Waals surface area (Å²) in [6, 6.07) is 6.52. The number of aromatic nitrogens is 2. The molecule has 0 fully saturated rings. The third kappa shape index (κ3) is 3.66. The second-order valence-electron chi connectivity index (χ2n) is 3.85. The second kappa shape index (κ2) is 5.99. The van der Waals surface area contributed by atoms with Gasteiger partial charge in [0.1, 0.15) is 10.3 Å². The van der Waals surface area contributed by atoms with E-state index in [2.05, 4.69) is 15.3 Å². The van der Waals surface area contributed by atoms with Crippen LogP contribution in [0.1, 0.15) is 23.0 Å². The lowest BCUT2D eigenvalue weighted by Gasteiger charge is -2.06. The van der Waals surface area contributed by atoms with Crippen LogP contribution in [0.4, 0.5) is 5.69 Å². The van der Waals surface area contributed by atoms with Gasteiger partial charge in [0.2, 0.25) is 0 Å². The monoisotopic (exact) mass is 295 g/mol. The Morgan fingerprint density at radius 2 is 2.05 bits per heavy atom. The van der Waals surface area contributed by atoms with E-state index >= 15 is 0 Å². The number of hydrogen-bond acceptors (Lipinski definition) is 3. The third-order valence-electron chi connectivity index (χ3n) is 2.46. The largest absolute Gasteiger partial charge is 0.321 e. The van der Waals surface area contributed by atoms with Crippen molar-refractivity contribution in [2.24, 2.45) is 0 Å². The molecule has 2 aromatic rings. The first-order valence-electron chi connectivity index (χ1n) is 5.68. The zero-order valence-corrected chi connectivity index (χ0v) is 11.7. The van der Waals surface area contributed by atoms with Crippen molar-refractivity contribution in [3.8, 4) is 0 Å². The van der Waals surface area contributed by atoms with E-state index in [4.69, 9.17) is 23.2 Å². The van der Waals surface area contributed by atoms with Gasteiger partial charge in [-0.1, -0.05) is 30.1 Å². The topological polar surface area (TPSA) is 54.9 Å². The molecule has 0 unspecified atom stereocenters. The van der Waals surface area contributed by atoms with Gasteiger partial charge in [0.25, 0.3) is 5.91 Å². The van der Waals surface area contributed by atoms with Crippen LogP contribution in [0.3, 0.4) is 0 Å². The summed E-state index contributed by atoms with van der Waals surface area (Å²) in [5.41, 5.74) is 1.80. The molecule has 2 aromatic heterocycles. The van der Waals surface area contributed by atoms with Gasteiger partial charge in [0.15, 0.2) is 0 Å². The molecule has 0 aliphatic carbocycles. The number of aryl methyl sites for hydroxylation is 1. The van der Waals surface area contributed by atoms with Gasteiger partial charge >= 0.3 is 0 Å². The first-order chi connectivity index (χ1) is 9.08. The highest BCUT2D eigenvalue weighted by Crippen LogP contribution is 2.15. The molecule has 0 saturated carbocycles. The van der Waals surface area contributed by atoms with Crippen molar-refractivity contribution in [3.63, 3.8) is 0 Å². The summed E-state index contributed by atoms with van der Waals surface area (Å²) in [4.78, 5) is 20.1. The Balaban J connectivity index is 2.20. The minimum atomic E-state index is -0.261. The molecule has 4 nitrogen and oxygen atoms in total. The fourth-order valence-corrected chi connectivity index (χ4v) is 1.85. The van der Waals surface area contributed by atoms with Crippen LogP contribution in [0, 0.1) is 0 Å². The Hall–Kier alpha value is -1.65. The molecule has 1 amide bonds. The molecule has 6 heteroatoms. The van der Waals surface area contributed by atoms with Gasteiger partial charge < -0.3 is 5.32 Å². The van der Waals surface area contributed by atoms with Crippen molar-refractivity contribution >= 4 is 34.8 Å². The summed E-state index contributed by atoms with van der Waals surface area (Å²) in [5, 5.41) is 3.40. The average Bonchev–Trinajstić information content (AvgIpc) is 2.40. The SMILES string of the molecule is CCc1cc(C(=O)Nc2ccc(Cl)nc2)cc(Cl)n1. The van der Waals surface area contributed by atoms with Crippen molar-refractivity contribution in [2.75, 3.05) is 5.32 Å². The number of hydrogen-bond donors (Lipinski definition) is 1. The summed E-state index contributed by atoms with van der Waals surface area (Å²) in [5.74, 6) is -0.261. The number of halogens is 2. The molecule has 0 aliphatic heterocycles. The number of pyridine rings is 2. The number of anilines is 1. The molecular formula is C13H11Cl2N3O. The first kappa shape index (κ1) is 13.8. The summed E-state index contributed by atoms with van der Waals surface area (Å²) in [6.07, 6.45) is 2.20. The predicted molar refractivity (Wildman–Crippen MR) is 75.8 cm³/mol. The van der Waals surface area contributed by atoms with Crippen LogP contribution in [0.25, 0.3) is 0 Å². The molecule has 0 aliphatic rings. The maximum atomic E-state index is 12.1. The molecule has 2 heterocycles. The van der Waals surface area contributed by atoms with Gasteiger partial charge in [-0.25, -0.2) is 9.97 Å². The van der Waals surface area contributed by atoms with Crippen molar-refractivity contribution in [1.82, 2.24) is 9.97 Å². The third-order valence-corrected chi connectivity index (χ3v) is 2.87. The normalized spacial score (nSPS) is 10.3. The lowest BCUT2D eigenvalue weighted by Crippen LogP contribution is -2.12. The van der Waals surface area contributed by atoms with Gasteiger partial charge in [-0.15, -0.1) is 0 Å². The maximum absolute atomic E-state index is 12.1. The van der Waals surface area contributed by atoms with Crippen molar-refractivity contribution < 1.29 is 4.79 Å². The number of rotatable bonds is 3. The smallest absolute Gasteiger partial charge is 0.255 e. The number of carbonyl (C=O) groups is 1. The molecule has 19 heavy (non-hydrogen) atoms. The Kier molecular flexibility index (Phi) is 4.35. The fourth-order valence-electron chi connectivity index (χ4n) is 1.52. The lowest BCUT2D eigenvalue weighted by atomic mass is 10.2. The quantitative estimate of drug-likeness (QED) is 0.880. The van der Waals surface area contributed by atoms with Crippen LogP contribution in [0.5, 0.6) is 0 Å². The Morgan fingerprint density at radius 1 is 1.26 bits per heavy atom. The van der Waals surface area contributed by atoms with E-state index in [1.54, 1.807) is 18.2 Å². The zero-order chi connectivity index (χ0) is 13.8. The van der Waals surface area contributed by atoms with Crippen molar-refractivity contribution in [2.45, 2.75) is 13.3 Å². The van der Waals surface area contributed by atoms with Gasteiger partial charge in [-0.05, 0) is 30.7 Å². The zero-order valence-electron chi connectivity index (χ0n) is 10.2. The highest BCUT2D eigenvalue weighted by molar-refractivity contribution is 6.30. The molecule has 0 radical (unpaired) electrons. The van der Waals surface area contributed by atoms with E-state index in [1.165, 1.54) is 12.3 Å². The second-order valence-corrected chi connectivity index (χ2v) is 4.62. The summed E-state index contributed by atoms with van der Waals surface area (Å²) < 4.78 is 0. The standard InChI is InChI=1S/C13H11Cl2N3O/c1-2-9-5-8(6-12(15)17-9)13(19)18-10-3-4-11(14)16-7-10/h3-7H,2H2,1H3,(H,18,19). The summed E-state index contributed by atoms with van der Waals surface area (Å²) in [6.45, 7) is 1.95. The molecule has 0 spiro atoms. The van der Waals surface area contributed by atoms with Crippen LogP contribution in [-0.4, -0.2) is 15.9 Å². The molecule has 0 saturated heterocycles. The van der Waals surface area contributed by atoms with Gasteiger partial charge in [0.05, 0.1) is 11.9 Å². The van der Waals surface area contributed by atoms with E-state index in [9.17, 15) is 4.79 Å². The molecule has 0 bridgehead atoms. The molecular weight excluding hydrogens is 285 g/mol. The van der Waals surface area contributed by atoms with E-state index in [1.807, 2.05) is 6.92 Å². The fraction of sp³-hybridized carbons (Fsp3) is 0.154.